The molecule has 0 spiro atoms. The summed E-state index contributed by atoms with van der Waals surface area (Å²) in [5, 5.41) is 10.6. The Bertz CT molecular complexity index is 1600. The monoisotopic (exact) mass is 547 g/mol. The number of hydrogen-bond acceptors (Lipinski definition) is 6. The number of benzene rings is 1. The van der Waals surface area contributed by atoms with Crippen molar-refractivity contribution in [1.29, 1.82) is 0 Å². The number of hydrogen-bond donors (Lipinski definition) is 1. The Hall–Kier alpha value is -4.60. The molecule has 0 aliphatic carbocycles. The van der Waals surface area contributed by atoms with Crippen molar-refractivity contribution in [2.24, 2.45) is 5.92 Å². The molecule has 2 aromatic heterocycles. The van der Waals surface area contributed by atoms with Gasteiger partial charge in [-0.3, -0.25) is 4.79 Å². The Kier molecular flexibility index (Phi) is 8.27. The summed E-state index contributed by atoms with van der Waals surface area (Å²) < 4.78 is 31.7. The number of rotatable bonds is 7. The molecule has 8 nitrogen and oxygen atoms in total. The van der Waals surface area contributed by atoms with E-state index in [2.05, 4.69) is 23.1 Å². The van der Waals surface area contributed by atoms with E-state index >= 15 is 4.39 Å². The van der Waals surface area contributed by atoms with E-state index in [9.17, 15) is 19.1 Å². The predicted octanol–water partition coefficient (Wildman–Crippen LogP) is 4.91. The lowest BCUT2D eigenvalue weighted by Gasteiger charge is -2.35. The molecular formula is C30H31F2N5O3. The minimum Gasteiger partial charge on any atom is -0.507 e. The van der Waals surface area contributed by atoms with Crippen LogP contribution in [-0.2, 0) is 4.79 Å². The summed E-state index contributed by atoms with van der Waals surface area (Å²) in [4.78, 5) is 38.0. The molecule has 3 aromatic rings. The van der Waals surface area contributed by atoms with Crippen molar-refractivity contribution in [3.05, 3.63) is 89.4 Å². The first-order chi connectivity index (χ1) is 19.1. The van der Waals surface area contributed by atoms with Gasteiger partial charge in [-0.05, 0) is 48.8 Å². The van der Waals surface area contributed by atoms with Gasteiger partial charge in [-0.2, -0.15) is 4.98 Å². The van der Waals surface area contributed by atoms with Crippen LogP contribution in [-0.4, -0.2) is 56.6 Å². The fraction of sp³-hybridized carbons (Fsp3) is 0.267. The van der Waals surface area contributed by atoms with Crippen LogP contribution >= 0.6 is 0 Å². The lowest BCUT2D eigenvalue weighted by Crippen LogP contribution is -2.49. The molecule has 0 atom stereocenters. The number of pyridine rings is 1. The number of carbonyl (C=O) groups is 1. The van der Waals surface area contributed by atoms with Gasteiger partial charge in [0.1, 0.15) is 23.1 Å². The Morgan fingerprint density at radius 1 is 1.12 bits per heavy atom. The third-order valence-corrected chi connectivity index (χ3v) is 6.81. The number of allylic oxidation sites excluding steroid dienone is 5. The minimum absolute atomic E-state index is 0.0243. The highest BCUT2D eigenvalue weighted by atomic mass is 19.1. The molecule has 1 aromatic carbocycles. The molecule has 1 aliphatic heterocycles. The van der Waals surface area contributed by atoms with Gasteiger partial charge in [-0.15, -0.1) is 0 Å². The number of fused-ring (bicyclic) bond motifs is 1. The molecule has 1 aliphatic rings. The third-order valence-electron chi connectivity index (χ3n) is 6.81. The third kappa shape index (κ3) is 5.29. The van der Waals surface area contributed by atoms with Gasteiger partial charge in [0.25, 0.3) is 0 Å². The van der Waals surface area contributed by atoms with E-state index in [1.54, 1.807) is 28.0 Å². The van der Waals surface area contributed by atoms with Gasteiger partial charge in [0, 0.05) is 26.2 Å². The number of piperazine rings is 1. The zero-order valence-corrected chi connectivity index (χ0v) is 22.7. The highest BCUT2D eigenvalue weighted by Gasteiger charge is 2.27. The summed E-state index contributed by atoms with van der Waals surface area (Å²) in [5.41, 5.74) is -0.531. The van der Waals surface area contributed by atoms with Crippen LogP contribution in [0.15, 0.2) is 72.1 Å². The number of amides is 1. The van der Waals surface area contributed by atoms with E-state index in [-0.39, 0.29) is 28.7 Å². The van der Waals surface area contributed by atoms with E-state index < -0.39 is 34.3 Å². The molecule has 10 heteroatoms. The van der Waals surface area contributed by atoms with Gasteiger partial charge in [-0.1, -0.05) is 45.2 Å². The van der Waals surface area contributed by atoms with Crippen LogP contribution in [0, 0.1) is 17.6 Å². The molecule has 0 saturated carbocycles. The Labute approximate surface area is 230 Å². The molecule has 0 radical (unpaired) electrons. The highest BCUT2D eigenvalue weighted by molar-refractivity contribution is 5.92. The average Bonchev–Trinajstić information content (AvgIpc) is 2.93. The zero-order valence-electron chi connectivity index (χ0n) is 22.7. The molecule has 0 bridgehead atoms. The molecule has 1 amide bonds. The summed E-state index contributed by atoms with van der Waals surface area (Å²) in [6.07, 6.45) is 6.44. The van der Waals surface area contributed by atoms with Crippen LogP contribution in [0.2, 0.25) is 0 Å². The standard InChI is InChI=1S/C30H31F2N5O3/c1-6-8-11-23(19(5)18(3)4)37-29-20(17-22(32)27(33-29)26-21(31)10-9-12-24(26)38)28(34-30(37)40)36-15-13-35(14-16-36)25(39)7-2/h6-12,17-18,38H,2,5,13-16H2,1,3-4H3/b8-6-,23-11+. The van der Waals surface area contributed by atoms with Crippen molar-refractivity contribution in [2.45, 2.75) is 20.8 Å². The van der Waals surface area contributed by atoms with Gasteiger partial charge < -0.3 is 14.9 Å². The minimum atomic E-state index is -0.900. The van der Waals surface area contributed by atoms with E-state index in [0.717, 1.165) is 12.1 Å². The summed E-state index contributed by atoms with van der Waals surface area (Å²) >= 11 is 0. The number of carbonyl (C=O) groups excluding carboxylic acids is 1. The smallest absolute Gasteiger partial charge is 0.355 e. The first-order valence-electron chi connectivity index (χ1n) is 12.9. The molecule has 3 heterocycles. The summed E-state index contributed by atoms with van der Waals surface area (Å²) in [7, 11) is 0. The van der Waals surface area contributed by atoms with E-state index in [0.29, 0.717) is 37.4 Å². The van der Waals surface area contributed by atoms with E-state index in [1.165, 1.54) is 22.8 Å². The fourth-order valence-corrected chi connectivity index (χ4v) is 4.56. The topological polar surface area (TPSA) is 91.6 Å². The zero-order chi connectivity index (χ0) is 29.1. The number of nitrogens with zero attached hydrogens (tertiary/aromatic N) is 5. The number of phenolic OH excluding ortho intramolecular Hbond substituents is 1. The molecule has 1 saturated heterocycles. The van der Waals surface area contributed by atoms with Gasteiger partial charge in [0.15, 0.2) is 11.5 Å². The van der Waals surface area contributed by atoms with Crippen molar-refractivity contribution >= 4 is 28.5 Å². The SMILES string of the molecule is C=CC(=O)N1CCN(c2nc(=O)n(/C(=C/C=C\C)C(=C)C(C)C)c3nc(-c4c(O)cccc4F)c(F)cc23)CC1. The van der Waals surface area contributed by atoms with Crippen molar-refractivity contribution in [2.75, 3.05) is 31.1 Å². The highest BCUT2D eigenvalue weighted by Crippen LogP contribution is 2.36. The van der Waals surface area contributed by atoms with Crippen LogP contribution in [0.25, 0.3) is 28.0 Å². The number of phenols is 1. The van der Waals surface area contributed by atoms with Gasteiger partial charge in [0.05, 0.1) is 16.6 Å². The van der Waals surface area contributed by atoms with Crippen molar-refractivity contribution < 1.29 is 18.7 Å². The number of aromatic nitrogens is 3. The van der Waals surface area contributed by atoms with Crippen LogP contribution in [0.3, 0.4) is 0 Å². The number of halogens is 2. The summed E-state index contributed by atoms with van der Waals surface area (Å²) in [6.45, 7) is 14.7. The van der Waals surface area contributed by atoms with Gasteiger partial charge in [0.2, 0.25) is 5.91 Å². The molecule has 40 heavy (non-hydrogen) atoms. The summed E-state index contributed by atoms with van der Waals surface area (Å²) in [5.74, 6) is -2.34. The van der Waals surface area contributed by atoms with Crippen LogP contribution < -0.4 is 10.6 Å². The van der Waals surface area contributed by atoms with Crippen molar-refractivity contribution in [3.63, 3.8) is 0 Å². The normalized spacial score (nSPS) is 14.4. The second-order valence-electron chi connectivity index (χ2n) is 9.65. The van der Waals surface area contributed by atoms with Gasteiger partial charge in [-0.25, -0.2) is 23.1 Å². The van der Waals surface area contributed by atoms with Crippen molar-refractivity contribution in [1.82, 2.24) is 19.4 Å². The quantitative estimate of drug-likeness (QED) is 0.334. The number of aromatic hydroxyl groups is 1. The maximum atomic E-state index is 15.7. The van der Waals surface area contributed by atoms with Crippen LogP contribution in [0.4, 0.5) is 14.6 Å². The first kappa shape index (κ1) is 28.4. The lowest BCUT2D eigenvalue weighted by molar-refractivity contribution is -0.126. The predicted molar refractivity (Wildman–Crippen MR) is 153 cm³/mol. The molecular weight excluding hydrogens is 516 g/mol. The largest absolute Gasteiger partial charge is 0.507 e. The maximum Gasteiger partial charge on any atom is 0.355 e. The van der Waals surface area contributed by atoms with Gasteiger partial charge >= 0.3 is 5.69 Å². The Balaban J connectivity index is 2.03. The van der Waals surface area contributed by atoms with Crippen molar-refractivity contribution in [3.8, 4) is 17.0 Å². The van der Waals surface area contributed by atoms with Crippen LogP contribution in [0.1, 0.15) is 20.8 Å². The Morgan fingerprint density at radius 3 is 2.42 bits per heavy atom. The average molecular weight is 548 g/mol. The maximum absolute atomic E-state index is 15.7. The molecule has 4 rings (SSSR count). The second-order valence-corrected chi connectivity index (χ2v) is 9.65. The second kappa shape index (κ2) is 11.6. The summed E-state index contributed by atoms with van der Waals surface area (Å²) in [6, 6.07) is 4.77. The molecule has 1 fully saturated rings. The lowest BCUT2D eigenvalue weighted by atomic mass is 10.0. The molecule has 1 N–H and O–H groups in total. The van der Waals surface area contributed by atoms with E-state index in [1.807, 2.05) is 20.8 Å². The van der Waals surface area contributed by atoms with Crippen LogP contribution in [0.5, 0.6) is 5.75 Å². The number of anilines is 1. The molecule has 0 unspecified atom stereocenters. The first-order valence-corrected chi connectivity index (χ1v) is 12.9. The Morgan fingerprint density at radius 2 is 1.82 bits per heavy atom. The fourth-order valence-electron chi connectivity index (χ4n) is 4.56. The van der Waals surface area contributed by atoms with E-state index in [4.69, 9.17) is 0 Å². The molecule has 208 valence electrons.